The molecule has 0 radical (unpaired) electrons. The van der Waals surface area contributed by atoms with Gasteiger partial charge in [-0.25, -0.2) is 8.42 Å². The Labute approximate surface area is 196 Å². The van der Waals surface area contributed by atoms with E-state index in [9.17, 15) is 13.2 Å². The van der Waals surface area contributed by atoms with Gasteiger partial charge in [-0.3, -0.25) is 4.79 Å². The molecule has 0 atom stereocenters. The van der Waals surface area contributed by atoms with Crippen molar-refractivity contribution in [2.24, 2.45) is 12.0 Å². The maximum absolute atomic E-state index is 13.0. The summed E-state index contributed by atoms with van der Waals surface area (Å²) in [6.45, 7) is 0.920. The highest BCUT2D eigenvalue weighted by Gasteiger charge is 2.24. The first kappa shape index (κ1) is 25.1. The maximum atomic E-state index is 13.0. The molecule has 1 heterocycles. The van der Waals surface area contributed by atoms with Crippen LogP contribution in [0.25, 0.3) is 10.2 Å². The third-order valence-electron chi connectivity index (χ3n) is 5.04. The molecule has 0 aliphatic heterocycles. The molecule has 0 N–H and O–H groups in total. The Bertz CT molecular complexity index is 1270. The maximum Gasteiger partial charge on any atom is 0.279 e. The first-order valence-corrected chi connectivity index (χ1v) is 12.4. The van der Waals surface area contributed by atoms with E-state index in [4.69, 9.17) is 14.2 Å². The molecule has 1 aromatic heterocycles. The lowest BCUT2D eigenvalue weighted by Crippen LogP contribution is -2.36. The fourth-order valence-electron chi connectivity index (χ4n) is 3.16. The summed E-state index contributed by atoms with van der Waals surface area (Å²) in [7, 11) is 2.70. The topological polar surface area (TPSA) is 99.4 Å². The van der Waals surface area contributed by atoms with Gasteiger partial charge >= 0.3 is 0 Å². The Balaban J connectivity index is 1.86. The summed E-state index contributed by atoms with van der Waals surface area (Å²) in [6.07, 6.45) is 0. The molecule has 0 spiro atoms. The summed E-state index contributed by atoms with van der Waals surface area (Å²) in [6, 6.07) is 11.4. The van der Waals surface area contributed by atoms with Crippen molar-refractivity contribution in [2.75, 3.05) is 47.6 Å². The van der Waals surface area contributed by atoms with Crippen LogP contribution in [0, 0.1) is 0 Å². The van der Waals surface area contributed by atoms with E-state index in [0.29, 0.717) is 10.4 Å². The number of methoxy groups -OCH3 is 3. The molecular formula is C22H27N3O6S2. The predicted octanol–water partition coefficient (Wildman–Crippen LogP) is 2.27. The second-order valence-corrected chi connectivity index (χ2v) is 10.1. The van der Waals surface area contributed by atoms with Crippen molar-refractivity contribution >= 4 is 37.5 Å². The molecule has 2 aromatic carbocycles. The summed E-state index contributed by atoms with van der Waals surface area (Å²) < 4.78 is 45.4. The van der Waals surface area contributed by atoms with Crippen LogP contribution in [0.15, 0.2) is 52.4 Å². The number of aromatic nitrogens is 1. The van der Waals surface area contributed by atoms with Gasteiger partial charge in [0.05, 0.1) is 35.4 Å². The zero-order valence-corrected chi connectivity index (χ0v) is 20.6. The predicted molar refractivity (Wildman–Crippen MR) is 126 cm³/mol. The number of sulfonamides is 1. The van der Waals surface area contributed by atoms with Gasteiger partial charge in [-0.2, -0.15) is 9.30 Å². The average Bonchev–Trinajstić information content (AvgIpc) is 3.13. The number of hydrogen-bond acceptors (Lipinski definition) is 7. The molecule has 178 valence electrons. The number of ether oxygens (including phenoxy) is 3. The van der Waals surface area contributed by atoms with Crippen LogP contribution >= 0.6 is 11.3 Å². The highest BCUT2D eigenvalue weighted by molar-refractivity contribution is 7.89. The smallest absolute Gasteiger partial charge is 0.279 e. The standard InChI is InChI=1S/C22H27N3O6S2/c1-24-19-10-7-17(31-4)15-20(19)32-22(24)23-21(26)16-5-8-18(9-6-16)33(27,28)25(11-13-29-2)12-14-30-3/h5-10,15H,11-14H2,1-4H3. The third-order valence-corrected chi connectivity index (χ3v) is 8.05. The third kappa shape index (κ3) is 5.68. The Morgan fingerprint density at radius 3 is 2.24 bits per heavy atom. The quantitative estimate of drug-likeness (QED) is 0.430. The van der Waals surface area contributed by atoms with Crippen LogP contribution in [0.4, 0.5) is 0 Å². The van der Waals surface area contributed by atoms with Gasteiger partial charge in [0, 0.05) is 39.9 Å². The van der Waals surface area contributed by atoms with E-state index in [2.05, 4.69) is 4.99 Å². The van der Waals surface area contributed by atoms with Gasteiger partial charge in [-0.1, -0.05) is 11.3 Å². The largest absolute Gasteiger partial charge is 0.497 e. The van der Waals surface area contributed by atoms with Gasteiger partial charge < -0.3 is 18.8 Å². The van der Waals surface area contributed by atoms with Crippen molar-refractivity contribution in [1.29, 1.82) is 0 Å². The zero-order chi connectivity index (χ0) is 24.0. The van der Waals surface area contributed by atoms with E-state index in [-0.39, 0.29) is 31.2 Å². The van der Waals surface area contributed by atoms with E-state index in [1.165, 1.54) is 54.1 Å². The number of carbonyl (C=O) groups excluding carboxylic acids is 1. The van der Waals surface area contributed by atoms with Crippen molar-refractivity contribution in [3.8, 4) is 5.75 Å². The number of thiazole rings is 1. The summed E-state index contributed by atoms with van der Waals surface area (Å²) in [5.74, 6) is 0.271. The molecule has 0 aliphatic rings. The van der Waals surface area contributed by atoms with E-state index >= 15 is 0 Å². The molecule has 0 aliphatic carbocycles. The molecule has 0 bridgehead atoms. The minimum absolute atomic E-state index is 0.0887. The van der Waals surface area contributed by atoms with Gasteiger partial charge in [0.15, 0.2) is 4.80 Å². The molecule has 33 heavy (non-hydrogen) atoms. The van der Waals surface area contributed by atoms with Crippen LogP contribution in [-0.4, -0.2) is 70.8 Å². The molecular weight excluding hydrogens is 466 g/mol. The molecule has 0 saturated heterocycles. The monoisotopic (exact) mass is 493 g/mol. The van der Waals surface area contributed by atoms with E-state index in [0.717, 1.165) is 16.0 Å². The van der Waals surface area contributed by atoms with E-state index in [1.807, 2.05) is 29.8 Å². The summed E-state index contributed by atoms with van der Waals surface area (Å²) in [5, 5.41) is 0. The van der Waals surface area contributed by atoms with Gasteiger partial charge in [0.2, 0.25) is 10.0 Å². The first-order valence-electron chi connectivity index (χ1n) is 10.1. The highest BCUT2D eigenvalue weighted by Crippen LogP contribution is 2.22. The normalized spacial score (nSPS) is 12.6. The van der Waals surface area contributed by atoms with Crippen LogP contribution in [0.1, 0.15) is 10.4 Å². The molecule has 1 amide bonds. The zero-order valence-electron chi connectivity index (χ0n) is 19.0. The molecule has 0 unspecified atom stereocenters. The molecule has 11 heteroatoms. The molecule has 0 fully saturated rings. The number of nitrogens with zero attached hydrogens (tertiary/aromatic N) is 3. The molecule has 3 rings (SSSR count). The molecule has 0 saturated carbocycles. The fraction of sp³-hybridized carbons (Fsp3) is 0.364. The van der Waals surface area contributed by atoms with Crippen LogP contribution in [0.3, 0.4) is 0 Å². The number of aryl methyl sites for hydroxylation is 1. The van der Waals surface area contributed by atoms with Gasteiger partial charge in [-0.05, 0) is 42.5 Å². The summed E-state index contributed by atoms with van der Waals surface area (Å²) >= 11 is 1.37. The summed E-state index contributed by atoms with van der Waals surface area (Å²) in [5.41, 5.74) is 1.23. The Kier molecular flexibility index (Phi) is 8.38. The number of rotatable bonds is 10. The lowest BCUT2D eigenvalue weighted by Gasteiger charge is -2.21. The number of hydrogen-bond donors (Lipinski definition) is 0. The number of fused-ring (bicyclic) bond motifs is 1. The summed E-state index contributed by atoms with van der Waals surface area (Å²) in [4.78, 5) is 17.6. The van der Waals surface area contributed by atoms with E-state index in [1.54, 1.807) is 7.11 Å². The average molecular weight is 494 g/mol. The second-order valence-electron chi connectivity index (χ2n) is 7.11. The van der Waals surface area contributed by atoms with Gasteiger partial charge in [0.1, 0.15) is 5.75 Å². The number of benzene rings is 2. The van der Waals surface area contributed by atoms with Crippen LogP contribution in [-0.2, 0) is 26.5 Å². The minimum Gasteiger partial charge on any atom is -0.497 e. The van der Waals surface area contributed by atoms with Crippen LogP contribution in [0.5, 0.6) is 5.75 Å². The lowest BCUT2D eigenvalue weighted by atomic mass is 10.2. The van der Waals surface area contributed by atoms with Crippen molar-refractivity contribution < 1.29 is 27.4 Å². The van der Waals surface area contributed by atoms with Crippen molar-refractivity contribution in [3.63, 3.8) is 0 Å². The van der Waals surface area contributed by atoms with Crippen LogP contribution < -0.4 is 9.54 Å². The van der Waals surface area contributed by atoms with Gasteiger partial charge in [0.25, 0.3) is 5.91 Å². The lowest BCUT2D eigenvalue weighted by molar-refractivity contribution is 0.0998. The minimum atomic E-state index is -3.76. The Morgan fingerprint density at radius 2 is 1.67 bits per heavy atom. The number of amides is 1. The van der Waals surface area contributed by atoms with Crippen LogP contribution in [0.2, 0.25) is 0 Å². The second kappa shape index (κ2) is 11.0. The first-order chi connectivity index (χ1) is 15.8. The highest BCUT2D eigenvalue weighted by atomic mass is 32.2. The van der Waals surface area contributed by atoms with E-state index < -0.39 is 15.9 Å². The molecule has 3 aromatic rings. The van der Waals surface area contributed by atoms with Crippen molar-refractivity contribution in [3.05, 3.63) is 52.8 Å². The SMILES string of the molecule is COCCN(CCOC)S(=O)(=O)c1ccc(C(=O)N=c2sc3cc(OC)ccc3n2C)cc1. The fourth-order valence-corrected chi connectivity index (χ4v) is 5.61. The van der Waals surface area contributed by atoms with Crippen molar-refractivity contribution in [1.82, 2.24) is 8.87 Å². The molecule has 9 nitrogen and oxygen atoms in total. The van der Waals surface area contributed by atoms with Gasteiger partial charge in [-0.15, -0.1) is 0 Å². The van der Waals surface area contributed by atoms with Crippen molar-refractivity contribution in [2.45, 2.75) is 4.90 Å². The Morgan fingerprint density at radius 1 is 1.03 bits per heavy atom. The number of carbonyl (C=O) groups is 1. The Hall–Kier alpha value is -2.57.